The molecule has 3 rings (SSSR count). The van der Waals surface area contributed by atoms with E-state index in [0.29, 0.717) is 32.1 Å². The van der Waals surface area contributed by atoms with Gasteiger partial charge in [0.05, 0.1) is 19.8 Å². The highest BCUT2D eigenvalue weighted by Crippen LogP contribution is 2.25. The number of rotatable bonds is 8. The van der Waals surface area contributed by atoms with E-state index < -0.39 is 0 Å². The molecule has 0 aliphatic carbocycles. The second-order valence-corrected chi connectivity index (χ2v) is 6.52. The van der Waals surface area contributed by atoms with Crippen LogP contribution in [0, 0.1) is 5.92 Å². The van der Waals surface area contributed by atoms with Crippen LogP contribution in [0.1, 0.15) is 18.4 Å². The molecule has 2 fully saturated rings. The summed E-state index contributed by atoms with van der Waals surface area (Å²) in [5, 5.41) is 1.74. The first-order valence-corrected chi connectivity index (χ1v) is 8.64. The smallest absolute Gasteiger partial charge is 0.237 e. The Labute approximate surface area is 142 Å². The van der Waals surface area contributed by atoms with Crippen molar-refractivity contribution < 1.29 is 19.1 Å². The Hall–Kier alpha value is -1.47. The molecule has 0 bridgehead atoms. The number of carbonyl (C=O) groups excluding carboxylic acids is 1. The van der Waals surface area contributed by atoms with Crippen molar-refractivity contribution >= 4 is 5.91 Å². The van der Waals surface area contributed by atoms with Crippen LogP contribution in [0.5, 0.6) is 0 Å². The van der Waals surface area contributed by atoms with Crippen LogP contribution < -0.4 is 5.73 Å². The number of nitrogens with zero attached hydrogens (tertiary/aromatic N) is 1. The summed E-state index contributed by atoms with van der Waals surface area (Å²) in [7, 11) is 0. The molecule has 0 aromatic heterocycles. The molecular weight excluding hydrogens is 308 g/mol. The highest BCUT2D eigenvalue weighted by atomic mass is 16.7. The third-order valence-corrected chi connectivity index (χ3v) is 4.59. The molecular formula is C18H26N2O4. The lowest BCUT2D eigenvalue weighted by Gasteiger charge is -2.23. The Morgan fingerprint density at radius 3 is 2.88 bits per heavy atom. The van der Waals surface area contributed by atoms with Crippen LogP contribution in [0.3, 0.4) is 0 Å². The van der Waals surface area contributed by atoms with Crippen molar-refractivity contribution in [1.82, 2.24) is 5.06 Å². The van der Waals surface area contributed by atoms with Crippen LogP contribution in [0.25, 0.3) is 0 Å². The summed E-state index contributed by atoms with van der Waals surface area (Å²) in [5.41, 5.74) is 6.78. The lowest BCUT2D eigenvalue weighted by atomic mass is 10.1. The van der Waals surface area contributed by atoms with E-state index in [1.165, 1.54) is 5.56 Å². The van der Waals surface area contributed by atoms with Gasteiger partial charge in [-0.3, -0.25) is 9.63 Å². The fourth-order valence-corrected chi connectivity index (χ4v) is 3.23. The number of hydroxylamine groups is 2. The van der Waals surface area contributed by atoms with Crippen LogP contribution in [-0.4, -0.2) is 56.1 Å². The number of hydrogen-bond acceptors (Lipinski definition) is 5. The predicted octanol–water partition coefficient (Wildman–Crippen LogP) is 1.14. The van der Waals surface area contributed by atoms with Crippen LogP contribution >= 0.6 is 0 Å². The van der Waals surface area contributed by atoms with Gasteiger partial charge >= 0.3 is 0 Å². The van der Waals surface area contributed by atoms with Gasteiger partial charge in [0.2, 0.25) is 5.91 Å². The lowest BCUT2D eigenvalue weighted by Crippen LogP contribution is -2.41. The molecule has 2 aliphatic rings. The van der Waals surface area contributed by atoms with Gasteiger partial charge in [-0.1, -0.05) is 30.3 Å². The van der Waals surface area contributed by atoms with E-state index in [2.05, 4.69) is 12.1 Å². The van der Waals surface area contributed by atoms with Crippen LogP contribution in [0.4, 0.5) is 0 Å². The predicted molar refractivity (Wildman–Crippen MR) is 89.1 cm³/mol. The lowest BCUT2D eigenvalue weighted by molar-refractivity contribution is -0.183. The minimum absolute atomic E-state index is 0.111. The molecule has 3 unspecified atom stereocenters. The van der Waals surface area contributed by atoms with E-state index >= 15 is 0 Å². The van der Waals surface area contributed by atoms with Gasteiger partial charge in [0.25, 0.3) is 0 Å². The fraction of sp³-hybridized carbons (Fsp3) is 0.611. The number of primary amides is 1. The Balaban J connectivity index is 1.41. The first kappa shape index (κ1) is 17.4. The van der Waals surface area contributed by atoms with E-state index in [4.69, 9.17) is 20.0 Å². The summed E-state index contributed by atoms with van der Waals surface area (Å²) < 4.78 is 11.1. The van der Waals surface area contributed by atoms with Gasteiger partial charge in [-0.05, 0) is 24.3 Å². The van der Waals surface area contributed by atoms with E-state index in [1.54, 1.807) is 5.06 Å². The molecule has 2 aliphatic heterocycles. The molecule has 2 N–H and O–H groups in total. The van der Waals surface area contributed by atoms with Crippen LogP contribution in [0.15, 0.2) is 30.3 Å². The molecule has 6 nitrogen and oxygen atoms in total. The standard InChI is InChI=1S/C18H26N2O4/c19-18(21)17-10-16(24-20(17)11-15-7-9-22-12-15)13-23-8-6-14-4-2-1-3-5-14/h1-5,15-17H,6-13H2,(H2,19,21). The van der Waals surface area contributed by atoms with Crippen molar-refractivity contribution in [3.05, 3.63) is 35.9 Å². The normalized spacial score (nSPS) is 27.6. The average molecular weight is 334 g/mol. The number of hydrogen-bond donors (Lipinski definition) is 1. The van der Waals surface area contributed by atoms with E-state index in [9.17, 15) is 4.79 Å². The maximum absolute atomic E-state index is 11.7. The maximum atomic E-state index is 11.7. The number of benzene rings is 1. The highest BCUT2D eigenvalue weighted by Gasteiger charge is 2.38. The maximum Gasteiger partial charge on any atom is 0.237 e. The molecule has 0 radical (unpaired) electrons. The fourth-order valence-electron chi connectivity index (χ4n) is 3.23. The second kappa shape index (κ2) is 8.58. The molecule has 3 atom stereocenters. The third kappa shape index (κ3) is 4.77. The molecule has 1 aromatic rings. The Kier molecular flexibility index (Phi) is 6.20. The summed E-state index contributed by atoms with van der Waals surface area (Å²) >= 11 is 0. The average Bonchev–Trinajstić information content (AvgIpc) is 3.23. The van der Waals surface area contributed by atoms with Gasteiger partial charge in [-0.15, -0.1) is 0 Å². The van der Waals surface area contributed by atoms with Gasteiger partial charge in [0, 0.05) is 19.6 Å². The van der Waals surface area contributed by atoms with Crippen molar-refractivity contribution in [3.8, 4) is 0 Å². The van der Waals surface area contributed by atoms with Gasteiger partial charge in [0.15, 0.2) is 0 Å². The van der Waals surface area contributed by atoms with Gasteiger partial charge in [-0.25, -0.2) is 0 Å². The molecule has 132 valence electrons. The molecule has 24 heavy (non-hydrogen) atoms. The summed E-state index contributed by atoms with van der Waals surface area (Å²) in [6.07, 6.45) is 2.36. The zero-order valence-electron chi connectivity index (χ0n) is 13.9. The number of ether oxygens (including phenoxy) is 2. The highest BCUT2D eigenvalue weighted by molar-refractivity contribution is 5.80. The van der Waals surface area contributed by atoms with E-state index in [-0.39, 0.29) is 18.1 Å². The van der Waals surface area contributed by atoms with E-state index in [0.717, 1.165) is 26.1 Å². The molecule has 6 heteroatoms. The Bertz CT molecular complexity index is 519. The number of amides is 1. The molecule has 0 spiro atoms. The Morgan fingerprint density at radius 1 is 1.33 bits per heavy atom. The topological polar surface area (TPSA) is 74.0 Å². The SMILES string of the molecule is NC(=O)C1CC(COCCc2ccccc2)ON1CC1CCOC1. The zero-order chi connectivity index (χ0) is 16.8. The third-order valence-electron chi connectivity index (χ3n) is 4.59. The van der Waals surface area contributed by atoms with Crippen molar-refractivity contribution in [3.63, 3.8) is 0 Å². The van der Waals surface area contributed by atoms with Crippen molar-refractivity contribution in [1.29, 1.82) is 0 Å². The van der Waals surface area contributed by atoms with Crippen LogP contribution in [-0.2, 0) is 25.5 Å². The second-order valence-electron chi connectivity index (χ2n) is 6.52. The minimum Gasteiger partial charge on any atom is -0.381 e. The van der Waals surface area contributed by atoms with Crippen molar-refractivity contribution in [2.45, 2.75) is 31.4 Å². The quantitative estimate of drug-likeness (QED) is 0.722. The summed E-state index contributed by atoms with van der Waals surface area (Å²) in [5.74, 6) is 0.0744. The number of nitrogens with two attached hydrogens (primary N) is 1. The molecule has 2 saturated heterocycles. The summed E-state index contributed by atoms with van der Waals surface area (Å²) in [6, 6.07) is 9.86. The minimum atomic E-state index is -0.367. The van der Waals surface area contributed by atoms with Crippen molar-refractivity contribution in [2.75, 3.05) is 33.0 Å². The zero-order valence-corrected chi connectivity index (χ0v) is 13.9. The van der Waals surface area contributed by atoms with Gasteiger partial charge in [0.1, 0.15) is 12.1 Å². The van der Waals surface area contributed by atoms with E-state index in [1.807, 2.05) is 18.2 Å². The summed E-state index contributed by atoms with van der Waals surface area (Å²) in [6.45, 7) is 3.32. The van der Waals surface area contributed by atoms with Crippen molar-refractivity contribution in [2.24, 2.45) is 11.7 Å². The molecule has 2 heterocycles. The molecule has 1 aromatic carbocycles. The molecule has 0 saturated carbocycles. The van der Waals surface area contributed by atoms with Gasteiger partial charge in [-0.2, -0.15) is 5.06 Å². The first-order chi connectivity index (χ1) is 11.7. The largest absolute Gasteiger partial charge is 0.381 e. The van der Waals surface area contributed by atoms with Crippen LogP contribution in [0.2, 0.25) is 0 Å². The summed E-state index contributed by atoms with van der Waals surface area (Å²) in [4.78, 5) is 17.6. The Morgan fingerprint density at radius 2 is 2.17 bits per heavy atom. The molecule has 1 amide bonds. The monoisotopic (exact) mass is 334 g/mol. The number of carbonyl (C=O) groups is 1. The first-order valence-electron chi connectivity index (χ1n) is 8.64. The van der Waals surface area contributed by atoms with Gasteiger partial charge < -0.3 is 15.2 Å².